The lowest BCUT2D eigenvalue weighted by molar-refractivity contribution is -0.144. The van der Waals surface area contributed by atoms with Gasteiger partial charge in [0.15, 0.2) is 0 Å². The van der Waals surface area contributed by atoms with Gasteiger partial charge in [0.2, 0.25) is 11.8 Å². The highest BCUT2D eigenvalue weighted by Gasteiger charge is 2.76. The Morgan fingerprint density at radius 2 is 1.65 bits per heavy atom. The topological polar surface area (TPSA) is 81.2 Å². The van der Waals surface area contributed by atoms with Crippen LogP contribution in [-0.2, 0) is 20.9 Å². The number of aliphatic hydroxyl groups excluding tert-OH is 1. The Balaban J connectivity index is 1.55. The van der Waals surface area contributed by atoms with Crippen LogP contribution < -0.4 is 4.90 Å². The van der Waals surface area contributed by atoms with Crippen LogP contribution in [0.5, 0.6) is 0 Å². The largest absolute Gasteiger partial charge is 0.396 e. The van der Waals surface area contributed by atoms with E-state index in [4.69, 9.17) is 0 Å². The molecule has 0 radical (unpaired) electrons. The van der Waals surface area contributed by atoms with E-state index < -0.39 is 22.6 Å². The quantitative estimate of drug-likeness (QED) is 0.192. The van der Waals surface area contributed by atoms with Crippen molar-refractivity contribution < 1.29 is 19.5 Å². The predicted molar refractivity (Wildman–Crippen MR) is 186 cm³/mol. The summed E-state index contributed by atoms with van der Waals surface area (Å²) >= 11 is 1.72. The Morgan fingerprint density at radius 3 is 2.30 bits per heavy atom. The number of aliphatic hydroxyl groups is 1. The molecule has 7 nitrogen and oxygen atoms in total. The average Bonchev–Trinajstić information content (AvgIpc) is 3.63. The molecule has 2 aromatic carbocycles. The number of benzene rings is 2. The van der Waals surface area contributed by atoms with Crippen molar-refractivity contribution in [1.29, 1.82) is 0 Å². The van der Waals surface area contributed by atoms with Gasteiger partial charge in [-0.05, 0) is 55.7 Å². The number of fused-ring (bicyclic) bond motifs is 1. The molecular formula is C38H49N3O4S. The molecule has 3 heterocycles. The van der Waals surface area contributed by atoms with Gasteiger partial charge in [-0.3, -0.25) is 14.4 Å². The number of hydrogen-bond donors (Lipinski definition) is 1. The summed E-state index contributed by atoms with van der Waals surface area (Å²) in [4.78, 5) is 49.9. The van der Waals surface area contributed by atoms with Crippen molar-refractivity contribution in [3.8, 4) is 0 Å². The normalized spacial score (nSPS) is 26.2. The summed E-state index contributed by atoms with van der Waals surface area (Å²) in [5.41, 5.74) is 3.88. The zero-order chi connectivity index (χ0) is 33.0. The Kier molecular flexibility index (Phi) is 10.8. The van der Waals surface area contributed by atoms with Crippen LogP contribution in [0, 0.1) is 31.6 Å². The molecule has 3 fully saturated rings. The predicted octanol–water partition coefficient (Wildman–Crippen LogP) is 5.93. The fourth-order valence-electron chi connectivity index (χ4n) is 8.27. The van der Waals surface area contributed by atoms with Gasteiger partial charge in [-0.1, -0.05) is 80.4 Å². The summed E-state index contributed by atoms with van der Waals surface area (Å²) in [7, 11) is 0. The lowest BCUT2D eigenvalue weighted by Gasteiger charge is -2.41. The zero-order valence-electron chi connectivity index (χ0n) is 27.6. The summed E-state index contributed by atoms with van der Waals surface area (Å²) in [5.74, 6) is -1.18. The summed E-state index contributed by atoms with van der Waals surface area (Å²) in [6, 6.07) is 15.3. The maximum atomic E-state index is 15.1. The van der Waals surface area contributed by atoms with Crippen molar-refractivity contribution in [2.75, 3.05) is 31.1 Å². The second-order valence-electron chi connectivity index (χ2n) is 13.2. The lowest BCUT2D eigenvalue weighted by Crippen LogP contribution is -2.58. The van der Waals surface area contributed by atoms with Gasteiger partial charge >= 0.3 is 0 Å². The molecule has 1 N–H and O–H groups in total. The van der Waals surface area contributed by atoms with Gasteiger partial charge in [0.1, 0.15) is 6.04 Å². The molecule has 2 bridgehead atoms. The Bertz CT molecular complexity index is 1430. The number of amides is 3. The minimum atomic E-state index is -0.702. The van der Waals surface area contributed by atoms with Crippen LogP contribution in [0.25, 0.3) is 0 Å². The third-order valence-corrected chi connectivity index (χ3v) is 12.3. The number of carbonyl (C=O) groups is 3. The zero-order valence-corrected chi connectivity index (χ0v) is 28.4. The summed E-state index contributed by atoms with van der Waals surface area (Å²) in [5, 5.41) is 9.26. The van der Waals surface area contributed by atoms with E-state index in [-0.39, 0.29) is 35.5 Å². The number of rotatable bonds is 15. The highest BCUT2D eigenvalue weighted by Crippen LogP contribution is 2.69. The minimum absolute atomic E-state index is 0.0259. The molecular weight excluding hydrogens is 595 g/mol. The number of para-hydroxylation sites is 1. The Hall–Kier alpha value is -3.36. The minimum Gasteiger partial charge on any atom is -0.396 e. The van der Waals surface area contributed by atoms with Gasteiger partial charge in [-0.2, -0.15) is 0 Å². The number of anilines is 1. The van der Waals surface area contributed by atoms with E-state index in [0.29, 0.717) is 32.6 Å². The monoisotopic (exact) mass is 643 g/mol. The smallest absolute Gasteiger partial charge is 0.251 e. The fourth-order valence-corrected chi connectivity index (χ4v) is 10.7. The van der Waals surface area contributed by atoms with E-state index in [1.807, 2.05) is 77.1 Å². The van der Waals surface area contributed by atoms with Crippen molar-refractivity contribution >= 4 is 35.2 Å². The van der Waals surface area contributed by atoms with E-state index in [1.54, 1.807) is 23.9 Å². The first-order valence-corrected chi connectivity index (χ1v) is 17.6. The van der Waals surface area contributed by atoms with Crippen LogP contribution in [0.4, 0.5) is 5.69 Å². The summed E-state index contributed by atoms with van der Waals surface area (Å²) in [6.07, 6.45) is 7.46. The average molecular weight is 644 g/mol. The van der Waals surface area contributed by atoms with Crippen LogP contribution in [0.15, 0.2) is 73.8 Å². The molecule has 0 aromatic heterocycles. The number of nitrogens with zero attached hydrogens (tertiary/aromatic N) is 3. The number of hydrogen-bond acceptors (Lipinski definition) is 5. The second kappa shape index (κ2) is 14.6. The second-order valence-corrected chi connectivity index (χ2v) is 14.7. The molecule has 1 spiro atoms. The van der Waals surface area contributed by atoms with Crippen molar-refractivity contribution in [3.05, 3.63) is 90.5 Å². The molecule has 3 amide bonds. The van der Waals surface area contributed by atoms with Gasteiger partial charge < -0.3 is 19.8 Å². The molecule has 8 heteroatoms. The maximum Gasteiger partial charge on any atom is 0.251 e. The maximum absolute atomic E-state index is 15.1. The van der Waals surface area contributed by atoms with Crippen LogP contribution in [0.1, 0.15) is 55.7 Å². The highest BCUT2D eigenvalue weighted by molar-refractivity contribution is 8.02. The van der Waals surface area contributed by atoms with Gasteiger partial charge in [-0.25, -0.2) is 0 Å². The molecule has 2 aromatic rings. The molecule has 0 saturated carbocycles. The number of thioether (sulfide) groups is 1. The Morgan fingerprint density at radius 1 is 0.978 bits per heavy atom. The van der Waals surface area contributed by atoms with Crippen LogP contribution in [0.3, 0.4) is 0 Å². The molecule has 3 aliphatic rings. The molecule has 3 unspecified atom stereocenters. The van der Waals surface area contributed by atoms with Gasteiger partial charge in [0.25, 0.3) is 5.91 Å². The highest BCUT2D eigenvalue weighted by atomic mass is 32.2. The Labute approximate surface area is 278 Å². The standard InChI is InChI=1S/C38H49N3O4S/c1-6-20-39(25-29-18-11-10-12-19-29)35(43)31-30-24-28(5)38(46-30)32(31)36(44)41(22-13-8-9-14-23-42)34(38)37(45)40(21-7-2)33-26(3)16-15-17-27(33)4/h6-7,10-12,15-19,28,30-32,34,42H,1-2,8-9,13-14,20-25H2,3-5H3/t28?,30-,31+,32-,34?,38?/m0/s1. The molecule has 3 saturated heterocycles. The van der Waals surface area contributed by atoms with E-state index in [9.17, 15) is 14.7 Å². The first kappa shape index (κ1) is 34.0. The molecule has 6 atom stereocenters. The van der Waals surface area contributed by atoms with E-state index in [0.717, 1.165) is 48.1 Å². The van der Waals surface area contributed by atoms with Crippen molar-refractivity contribution in [2.45, 2.75) is 75.5 Å². The van der Waals surface area contributed by atoms with Crippen molar-refractivity contribution in [2.24, 2.45) is 17.8 Å². The van der Waals surface area contributed by atoms with Gasteiger partial charge in [0, 0.05) is 43.7 Å². The first-order chi connectivity index (χ1) is 22.2. The van der Waals surface area contributed by atoms with E-state index in [2.05, 4.69) is 20.1 Å². The summed E-state index contributed by atoms with van der Waals surface area (Å²) < 4.78 is -0.702. The number of aryl methyl sites for hydroxylation is 2. The third-order valence-electron chi connectivity index (χ3n) is 10.2. The molecule has 46 heavy (non-hydrogen) atoms. The molecule has 3 aliphatic heterocycles. The molecule has 246 valence electrons. The van der Waals surface area contributed by atoms with E-state index in [1.165, 1.54) is 0 Å². The first-order valence-electron chi connectivity index (χ1n) is 16.7. The molecule has 5 rings (SSSR count). The van der Waals surface area contributed by atoms with Gasteiger partial charge in [-0.15, -0.1) is 24.9 Å². The van der Waals surface area contributed by atoms with Crippen LogP contribution in [0.2, 0.25) is 0 Å². The number of carbonyl (C=O) groups excluding carboxylic acids is 3. The lowest BCUT2D eigenvalue weighted by atomic mass is 9.65. The van der Waals surface area contributed by atoms with Crippen LogP contribution >= 0.6 is 11.8 Å². The van der Waals surface area contributed by atoms with Crippen molar-refractivity contribution in [3.63, 3.8) is 0 Å². The summed E-state index contributed by atoms with van der Waals surface area (Å²) in [6.45, 7) is 15.9. The van der Waals surface area contributed by atoms with Crippen LogP contribution in [-0.4, -0.2) is 74.9 Å². The SMILES string of the molecule is C=CCN(Cc1ccccc1)C(=O)[C@@H]1[C@@H]2CC(C)C3(S2)C(C(=O)N(CC=C)c2c(C)cccc2C)N(CCCCCCO)C(=O)[C@H]13. The molecule has 0 aliphatic carbocycles. The fraction of sp³-hybridized carbons (Fsp3) is 0.500. The van der Waals surface area contributed by atoms with E-state index >= 15 is 4.79 Å². The van der Waals surface area contributed by atoms with Crippen molar-refractivity contribution in [1.82, 2.24) is 9.80 Å². The number of unbranched alkanes of at least 4 members (excludes halogenated alkanes) is 3. The third kappa shape index (κ3) is 6.06. The number of likely N-dealkylation sites (tertiary alicyclic amines) is 1. The van der Waals surface area contributed by atoms with Gasteiger partial charge in [0.05, 0.1) is 16.6 Å².